The van der Waals surface area contributed by atoms with E-state index < -0.39 is 40.8 Å². The van der Waals surface area contributed by atoms with Gasteiger partial charge in [0.25, 0.3) is 0 Å². The monoisotopic (exact) mass is 501 g/mol. The van der Waals surface area contributed by atoms with Crippen LogP contribution in [0, 0.1) is 17.0 Å². The molecule has 0 saturated heterocycles. The van der Waals surface area contributed by atoms with Crippen molar-refractivity contribution in [1.82, 2.24) is 4.90 Å². The molecule has 2 aromatic rings. The SMILES string of the molecule is CC1CC2=C(Cc3ccccc32)C(c2c(F)cc(/C=C/C(=O)O)cc2F)N1C12CC(C(F)(F)F)(C1)C2. The van der Waals surface area contributed by atoms with Crippen LogP contribution in [-0.4, -0.2) is 33.7 Å². The van der Waals surface area contributed by atoms with Gasteiger partial charge in [0.15, 0.2) is 0 Å². The lowest BCUT2D eigenvalue weighted by Gasteiger charge is -2.76. The molecular weight excluding hydrogens is 477 g/mol. The van der Waals surface area contributed by atoms with Crippen LogP contribution in [0.4, 0.5) is 22.0 Å². The fourth-order valence-corrected chi connectivity index (χ4v) is 7.27. The Balaban J connectivity index is 1.47. The van der Waals surface area contributed by atoms with Gasteiger partial charge in [0.1, 0.15) is 11.6 Å². The van der Waals surface area contributed by atoms with Crippen LogP contribution >= 0.6 is 0 Å². The summed E-state index contributed by atoms with van der Waals surface area (Å²) in [7, 11) is 0. The average Bonchev–Trinajstić information content (AvgIpc) is 3.08. The lowest BCUT2D eigenvalue weighted by molar-refractivity contribution is -0.368. The van der Waals surface area contributed by atoms with Gasteiger partial charge in [-0.2, -0.15) is 13.2 Å². The van der Waals surface area contributed by atoms with Gasteiger partial charge < -0.3 is 5.11 Å². The van der Waals surface area contributed by atoms with Gasteiger partial charge in [-0.1, -0.05) is 24.3 Å². The molecule has 3 nitrogen and oxygen atoms in total. The van der Waals surface area contributed by atoms with Crippen molar-refractivity contribution in [2.75, 3.05) is 0 Å². The lowest BCUT2D eigenvalue weighted by atomic mass is 9.37. The van der Waals surface area contributed by atoms with Gasteiger partial charge in [-0.25, -0.2) is 13.6 Å². The topological polar surface area (TPSA) is 40.5 Å². The fourth-order valence-electron chi connectivity index (χ4n) is 7.27. The van der Waals surface area contributed by atoms with E-state index in [0.717, 1.165) is 46.6 Å². The average molecular weight is 501 g/mol. The molecule has 0 amide bonds. The first-order valence-electron chi connectivity index (χ1n) is 12.0. The summed E-state index contributed by atoms with van der Waals surface area (Å²) in [6.07, 6.45) is -1.44. The maximum Gasteiger partial charge on any atom is 0.394 e. The molecule has 1 heterocycles. The summed E-state index contributed by atoms with van der Waals surface area (Å²) in [5.74, 6) is -2.90. The van der Waals surface area contributed by atoms with Gasteiger partial charge in [-0.3, -0.25) is 4.90 Å². The molecule has 3 saturated carbocycles. The second kappa shape index (κ2) is 7.51. The molecule has 2 bridgehead atoms. The number of aliphatic carboxylic acids is 1. The second-order valence-corrected chi connectivity index (χ2v) is 10.8. The Kier molecular flexibility index (Phi) is 4.88. The Morgan fingerprint density at radius 3 is 2.36 bits per heavy atom. The molecule has 7 rings (SSSR count). The first-order chi connectivity index (χ1) is 16.9. The number of fused-ring (bicyclic) bond motifs is 2. The molecule has 4 aliphatic carbocycles. The van der Waals surface area contributed by atoms with E-state index in [9.17, 15) is 18.0 Å². The van der Waals surface area contributed by atoms with E-state index >= 15 is 8.78 Å². The molecule has 1 N–H and O–H groups in total. The van der Waals surface area contributed by atoms with Gasteiger partial charge >= 0.3 is 12.1 Å². The van der Waals surface area contributed by atoms with Crippen LogP contribution in [0.3, 0.4) is 0 Å². The van der Waals surface area contributed by atoms with Crippen molar-refractivity contribution in [1.29, 1.82) is 0 Å². The van der Waals surface area contributed by atoms with Crippen LogP contribution in [0.25, 0.3) is 11.6 Å². The van der Waals surface area contributed by atoms with Crippen molar-refractivity contribution in [3.8, 4) is 0 Å². The largest absolute Gasteiger partial charge is 0.478 e. The van der Waals surface area contributed by atoms with E-state index in [1.807, 2.05) is 36.1 Å². The normalized spacial score (nSPS) is 31.2. The third kappa shape index (κ3) is 3.16. The summed E-state index contributed by atoms with van der Waals surface area (Å²) >= 11 is 0. The van der Waals surface area contributed by atoms with E-state index in [4.69, 9.17) is 5.11 Å². The first-order valence-corrected chi connectivity index (χ1v) is 12.0. The van der Waals surface area contributed by atoms with E-state index in [2.05, 4.69) is 0 Å². The third-order valence-corrected chi connectivity index (χ3v) is 8.64. The van der Waals surface area contributed by atoms with Gasteiger partial charge in [-0.05, 0) is 85.1 Å². The molecule has 2 aromatic carbocycles. The van der Waals surface area contributed by atoms with Crippen molar-refractivity contribution >= 4 is 17.6 Å². The minimum atomic E-state index is -4.29. The highest BCUT2D eigenvalue weighted by atomic mass is 19.4. The summed E-state index contributed by atoms with van der Waals surface area (Å²) in [5, 5.41) is 8.86. The Morgan fingerprint density at radius 1 is 1.11 bits per heavy atom. The van der Waals surface area contributed by atoms with Crippen LogP contribution in [0.15, 0.2) is 48.0 Å². The van der Waals surface area contributed by atoms with Crippen molar-refractivity contribution in [2.45, 2.75) is 62.8 Å². The van der Waals surface area contributed by atoms with Crippen LogP contribution < -0.4 is 0 Å². The summed E-state index contributed by atoms with van der Waals surface area (Å²) in [6, 6.07) is 8.94. The molecule has 36 heavy (non-hydrogen) atoms. The van der Waals surface area contributed by atoms with Gasteiger partial charge in [0, 0.05) is 23.2 Å². The molecule has 2 unspecified atom stereocenters. The molecule has 5 aliphatic rings. The number of carboxylic acids is 1. The zero-order valence-corrected chi connectivity index (χ0v) is 19.5. The number of alkyl halides is 3. The minimum absolute atomic E-state index is 0.0530. The number of nitrogens with zero attached hydrogens (tertiary/aromatic N) is 1. The number of carboxylic acid groups (broad SMARTS) is 1. The number of benzene rings is 2. The number of halogens is 5. The highest BCUT2D eigenvalue weighted by Crippen LogP contribution is 2.77. The highest BCUT2D eigenvalue weighted by Gasteiger charge is 2.81. The number of rotatable bonds is 4. The molecule has 0 spiro atoms. The third-order valence-electron chi connectivity index (χ3n) is 8.64. The molecule has 8 heteroatoms. The number of hydrogen-bond acceptors (Lipinski definition) is 2. The molecule has 188 valence electrons. The van der Waals surface area contributed by atoms with Gasteiger partial charge in [0.05, 0.1) is 11.5 Å². The van der Waals surface area contributed by atoms with Crippen LogP contribution in [-0.2, 0) is 11.2 Å². The van der Waals surface area contributed by atoms with Crippen molar-refractivity contribution in [3.63, 3.8) is 0 Å². The van der Waals surface area contributed by atoms with E-state index in [0.29, 0.717) is 12.8 Å². The number of hydrogen-bond donors (Lipinski definition) is 1. The molecule has 3 fully saturated rings. The highest BCUT2D eigenvalue weighted by molar-refractivity contribution is 5.85. The Labute approximate surface area is 204 Å². The first kappa shape index (κ1) is 23.4. The van der Waals surface area contributed by atoms with Crippen molar-refractivity contribution in [2.24, 2.45) is 5.41 Å². The fraction of sp³-hybridized carbons (Fsp3) is 0.393. The van der Waals surface area contributed by atoms with Crippen LogP contribution in [0.2, 0.25) is 0 Å². The Bertz CT molecular complexity index is 1320. The van der Waals surface area contributed by atoms with E-state index in [1.54, 1.807) is 0 Å². The Morgan fingerprint density at radius 2 is 1.75 bits per heavy atom. The standard InChI is InChI=1S/C28H24F5NO2/c1-15-8-19-18-5-3-2-4-17(18)11-20(19)25(34(15)27-12-26(13-27,14-27)28(31,32)33)24-21(29)9-16(10-22(24)30)6-7-23(35)36/h2-7,9-10,15,25H,8,11-14H2,1H3,(H,35,36)/b7-6+. The second-order valence-electron chi connectivity index (χ2n) is 10.8. The smallest absolute Gasteiger partial charge is 0.394 e. The molecule has 0 aromatic heterocycles. The maximum absolute atomic E-state index is 15.6. The van der Waals surface area contributed by atoms with Crippen LogP contribution in [0.5, 0.6) is 0 Å². The maximum atomic E-state index is 15.6. The van der Waals surface area contributed by atoms with Crippen molar-refractivity contribution in [3.05, 3.63) is 81.9 Å². The lowest BCUT2D eigenvalue weighted by Crippen LogP contribution is -2.80. The Hall–Kier alpha value is -3.00. The van der Waals surface area contributed by atoms with E-state index in [-0.39, 0.29) is 36.4 Å². The summed E-state index contributed by atoms with van der Waals surface area (Å²) < 4.78 is 72.3. The predicted octanol–water partition coefficient (Wildman–Crippen LogP) is 6.69. The zero-order chi connectivity index (χ0) is 25.6. The zero-order valence-electron chi connectivity index (χ0n) is 19.5. The summed E-state index contributed by atoms with van der Waals surface area (Å²) in [5.41, 5.74) is 1.40. The predicted molar refractivity (Wildman–Crippen MR) is 124 cm³/mol. The van der Waals surface area contributed by atoms with Gasteiger partial charge in [-0.15, -0.1) is 0 Å². The van der Waals surface area contributed by atoms with Crippen LogP contribution in [0.1, 0.15) is 60.9 Å². The van der Waals surface area contributed by atoms with Gasteiger partial charge in [0.2, 0.25) is 0 Å². The molecular formula is C28H24F5NO2. The molecule has 1 aliphatic heterocycles. The summed E-state index contributed by atoms with van der Waals surface area (Å²) in [6.45, 7) is 1.93. The molecule has 2 atom stereocenters. The quantitative estimate of drug-likeness (QED) is 0.375. The van der Waals surface area contributed by atoms with E-state index in [1.165, 1.54) is 0 Å². The minimum Gasteiger partial charge on any atom is -0.478 e. The molecule has 0 radical (unpaired) electrons. The number of carbonyl (C=O) groups is 1. The summed E-state index contributed by atoms with van der Waals surface area (Å²) in [4.78, 5) is 12.8. The van der Waals surface area contributed by atoms with Crippen molar-refractivity contribution < 1.29 is 31.9 Å².